The Labute approximate surface area is 135 Å². The summed E-state index contributed by atoms with van der Waals surface area (Å²) in [7, 11) is 0. The summed E-state index contributed by atoms with van der Waals surface area (Å²) in [5.74, 6) is 0.615. The van der Waals surface area contributed by atoms with Crippen molar-refractivity contribution in [2.75, 3.05) is 6.54 Å². The van der Waals surface area contributed by atoms with E-state index in [1.807, 2.05) is 12.4 Å². The Kier molecular flexibility index (Phi) is 5.04. The number of hydrogen-bond acceptors (Lipinski definition) is 2. The van der Waals surface area contributed by atoms with Gasteiger partial charge in [0.2, 0.25) is 0 Å². The van der Waals surface area contributed by atoms with E-state index in [0.717, 1.165) is 29.9 Å². The molecule has 0 radical (unpaired) electrons. The summed E-state index contributed by atoms with van der Waals surface area (Å²) >= 11 is 3.51. The standard InChI is InChI=1S/C18H21BrN2/c19-17-10-16(11-20-13-17)9-15(12-21-18-6-7-18)8-14-4-2-1-3-5-14/h1-5,10-11,13,15,18,21H,6-9,12H2. The van der Waals surface area contributed by atoms with Crippen LogP contribution in [0.4, 0.5) is 0 Å². The minimum Gasteiger partial charge on any atom is -0.314 e. The number of aromatic nitrogens is 1. The first kappa shape index (κ1) is 14.7. The number of rotatable bonds is 7. The van der Waals surface area contributed by atoms with E-state index in [1.54, 1.807) is 0 Å². The fraction of sp³-hybridized carbons (Fsp3) is 0.389. The molecule has 0 saturated heterocycles. The van der Waals surface area contributed by atoms with Crippen molar-refractivity contribution in [3.8, 4) is 0 Å². The van der Waals surface area contributed by atoms with Crippen molar-refractivity contribution in [3.63, 3.8) is 0 Å². The summed E-state index contributed by atoms with van der Waals surface area (Å²) in [6, 6.07) is 13.7. The van der Waals surface area contributed by atoms with Crippen molar-refractivity contribution in [1.29, 1.82) is 0 Å². The zero-order chi connectivity index (χ0) is 14.5. The van der Waals surface area contributed by atoms with Crippen LogP contribution in [-0.4, -0.2) is 17.6 Å². The molecular formula is C18H21BrN2. The van der Waals surface area contributed by atoms with Crippen LogP contribution in [0.3, 0.4) is 0 Å². The molecule has 3 heteroatoms. The molecule has 110 valence electrons. The Morgan fingerprint density at radius 3 is 2.57 bits per heavy atom. The Balaban J connectivity index is 1.65. The topological polar surface area (TPSA) is 24.9 Å². The molecule has 1 heterocycles. The summed E-state index contributed by atoms with van der Waals surface area (Å²) < 4.78 is 1.06. The Morgan fingerprint density at radius 1 is 1.10 bits per heavy atom. The Morgan fingerprint density at radius 2 is 1.86 bits per heavy atom. The molecule has 1 aliphatic rings. The molecule has 2 nitrogen and oxygen atoms in total. The van der Waals surface area contributed by atoms with Gasteiger partial charge < -0.3 is 5.32 Å². The van der Waals surface area contributed by atoms with Crippen molar-refractivity contribution < 1.29 is 0 Å². The molecule has 1 aromatic heterocycles. The maximum Gasteiger partial charge on any atom is 0.0410 e. The summed E-state index contributed by atoms with van der Waals surface area (Å²) in [5.41, 5.74) is 2.73. The molecule has 1 atom stereocenters. The third kappa shape index (κ3) is 4.94. The van der Waals surface area contributed by atoms with Gasteiger partial charge in [-0.1, -0.05) is 30.3 Å². The third-order valence-electron chi connectivity index (χ3n) is 3.93. The van der Waals surface area contributed by atoms with E-state index in [9.17, 15) is 0 Å². The largest absolute Gasteiger partial charge is 0.314 e. The van der Waals surface area contributed by atoms with Crippen LogP contribution in [0.15, 0.2) is 53.3 Å². The lowest BCUT2D eigenvalue weighted by Crippen LogP contribution is -2.27. The van der Waals surface area contributed by atoms with E-state index in [0.29, 0.717) is 5.92 Å². The molecule has 1 N–H and O–H groups in total. The second-order valence-corrected chi connectivity index (χ2v) is 6.87. The second kappa shape index (κ2) is 7.19. The van der Waals surface area contributed by atoms with Crippen LogP contribution in [0.2, 0.25) is 0 Å². The van der Waals surface area contributed by atoms with Crippen LogP contribution in [-0.2, 0) is 12.8 Å². The summed E-state index contributed by atoms with van der Waals surface area (Å²) in [4.78, 5) is 4.28. The van der Waals surface area contributed by atoms with Gasteiger partial charge in [-0.15, -0.1) is 0 Å². The predicted octanol–water partition coefficient (Wildman–Crippen LogP) is 4.00. The summed E-state index contributed by atoms with van der Waals surface area (Å²) in [6.45, 7) is 1.09. The van der Waals surface area contributed by atoms with Crippen LogP contribution in [0.1, 0.15) is 24.0 Å². The first-order chi connectivity index (χ1) is 10.3. The number of nitrogens with zero attached hydrogens (tertiary/aromatic N) is 1. The molecule has 0 aliphatic heterocycles. The molecule has 0 bridgehead atoms. The first-order valence-corrected chi connectivity index (χ1v) is 8.45. The van der Waals surface area contributed by atoms with E-state index < -0.39 is 0 Å². The molecule has 0 spiro atoms. The van der Waals surface area contributed by atoms with Gasteiger partial charge in [-0.3, -0.25) is 4.98 Å². The first-order valence-electron chi connectivity index (χ1n) is 7.66. The fourth-order valence-electron chi connectivity index (χ4n) is 2.69. The maximum atomic E-state index is 4.28. The van der Waals surface area contributed by atoms with E-state index >= 15 is 0 Å². The van der Waals surface area contributed by atoms with Crippen molar-refractivity contribution in [2.45, 2.75) is 31.7 Å². The molecule has 21 heavy (non-hydrogen) atoms. The Bertz CT molecular complexity index is 566. The van der Waals surface area contributed by atoms with E-state index in [1.165, 1.54) is 24.0 Å². The molecule has 1 saturated carbocycles. The lowest BCUT2D eigenvalue weighted by molar-refractivity contribution is 0.468. The van der Waals surface area contributed by atoms with Crippen LogP contribution in [0.25, 0.3) is 0 Å². The minimum absolute atomic E-state index is 0.615. The highest BCUT2D eigenvalue weighted by molar-refractivity contribution is 9.10. The van der Waals surface area contributed by atoms with Gasteiger partial charge in [0.15, 0.2) is 0 Å². The Hall–Kier alpha value is -1.19. The highest BCUT2D eigenvalue weighted by atomic mass is 79.9. The molecule has 1 aromatic carbocycles. The minimum atomic E-state index is 0.615. The van der Waals surface area contributed by atoms with E-state index in [-0.39, 0.29) is 0 Å². The molecule has 1 fully saturated rings. The van der Waals surface area contributed by atoms with Crippen molar-refractivity contribution >= 4 is 15.9 Å². The molecule has 1 aliphatic carbocycles. The van der Waals surface area contributed by atoms with Gasteiger partial charge in [0.1, 0.15) is 0 Å². The zero-order valence-electron chi connectivity index (χ0n) is 12.1. The van der Waals surface area contributed by atoms with Crippen molar-refractivity contribution in [2.24, 2.45) is 5.92 Å². The molecule has 3 rings (SSSR count). The summed E-state index contributed by atoms with van der Waals surface area (Å²) in [5, 5.41) is 3.68. The highest BCUT2D eigenvalue weighted by Crippen LogP contribution is 2.21. The van der Waals surface area contributed by atoms with Crippen LogP contribution in [0, 0.1) is 5.92 Å². The van der Waals surface area contributed by atoms with Crippen molar-refractivity contribution in [3.05, 3.63) is 64.4 Å². The summed E-state index contributed by atoms with van der Waals surface area (Å²) in [6.07, 6.45) is 8.71. The molecular weight excluding hydrogens is 324 g/mol. The number of benzene rings is 1. The third-order valence-corrected chi connectivity index (χ3v) is 4.36. The lowest BCUT2D eigenvalue weighted by atomic mass is 9.93. The van der Waals surface area contributed by atoms with Crippen LogP contribution >= 0.6 is 15.9 Å². The number of nitrogens with one attached hydrogen (secondary N) is 1. The van der Waals surface area contributed by atoms with Crippen LogP contribution in [0.5, 0.6) is 0 Å². The molecule has 2 aromatic rings. The zero-order valence-corrected chi connectivity index (χ0v) is 13.7. The van der Waals surface area contributed by atoms with Crippen LogP contribution < -0.4 is 5.32 Å². The van der Waals surface area contributed by atoms with Gasteiger partial charge in [0.25, 0.3) is 0 Å². The van der Waals surface area contributed by atoms with E-state index in [2.05, 4.69) is 62.6 Å². The lowest BCUT2D eigenvalue weighted by Gasteiger charge is -2.18. The SMILES string of the molecule is Brc1cncc(CC(CNC2CC2)Cc2ccccc2)c1. The number of halogens is 1. The molecule has 0 amide bonds. The van der Waals surface area contributed by atoms with Gasteiger partial charge in [-0.2, -0.15) is 0 Å². The fourth-order valence-corrected chi connectivity index (χ4v) is 3.10. The monoisotopic (exact) mass is 344 g/mol. The average Bonchev–Trinajstić information content (AvgIpc) is 3.30. The maximum absolute atomic E-state index is 4.28. The van der Waals surface area contributed by atoms with Gasteiger partial charge in [0, 0.05) is 22.9 Å². The smallest absolute Gasteiger partial charge is 0.0410 e. The van der Waals surface area contributed by atoms with E-state index in [4.69, 9.17) is 0 Å². The normalized spacial score (nSPS) is 15.9. The quantitative estimate of drug-likeness (QED) is 0.821. The second-order valence-electron chi connectivity index (χ2n) is 5.95. The van der Waals surface area contributed by atoms with Gasteiger partial charge >= 0.3 is 0 Å². The van der Waals surface area contributed by atoms with Gasteiger partial charge in [0.05, 0.1) is 0 Å². The predicted molar refractivity (Wildman–Crippen MR) is 90.3 cm³/mol. The van der Waals surface area contributed by atoms with Crippen molar-refractivity contribution in [1.82, 2.24) is 10.3 Å². The number of hydrogen-bond donors (Lipinski definition) is 1. The van der Waals surface area contributed by atoms with Gasteiger partial charge in [-0.05, 0) is 71.3 Å². The van der Waals surface area contributed by atoms with Gasteiger partial charge in [-0.25, -0.2) is 0 Å². The highest BCUT2D eigenvalue weighted by Gasteiger charge is 2.22. The number of pyridine rings is 1. The molecule has 1 unspecified atom stereocenters. The average molecular weight is 345 g/mol.